The van der Waals surface area contributed by atoms with Gasteiger partial charge in [0.15, 0.2) is 5.13 Å². The topological polar surface area (TPSA) is 101 Å². The summed E-state index contributed by atoms with van der Waals surface area (Å²) in [6, 6.07) is 1.86. The van der Waals surface area contributed by atoms with Crippen LogP contribution in [-0.4, -0.2) is 45.6 Å². The minimum absolute atomic E-state index is 0. The van der Waals surface area contributed by atoms with Crippen molar-refractivity contribution in [2.24, 2.45) is 5.73 Å². The van der Waals surface area contributed by atoms with E-state index in [-0.39, 0.29) is 23.2 Å². The van der Waals surface area contributed by atoms with Crippen LogP contribution in [0.2, 0.25) is 0 Å². The number of likely N-dealkylation sites (tertiary alicyclic amines) is 1. The van der Waals surface area contributed by atoms with E-state index in [2.05, 4.69) is 15.3 Å². The maximum Gasteiger partial charge on any atom is 0.399 e. The number of thiazole rings is 1. The van der Waals surface area contributed by atoms with E-state index in [1.165, 1.54) is 17.2 Å². The van der Waals surface area contributed by atoms with Crippen molar-refractivity contribution in [1.29, 1.82) is 0 Å². The van der Waals surface area contributed by atoms with Gasteiger partial charge in [0.2, 0.25) is 5.91 Å². The van der Waals surface area contributed by atoms with E-state index in [0.29, 0.717) is 35.5 Å². The van der Waals surface area contributed by atoms with E-state index in [0.717, 1.165) is 25.2 Å². The average molecular weight is 478 g/mol. The number of halogens is 4. The van der Waals surface area contributed by atoms with Crippen molar-refractivity contribution >= 4 is 40.8 Å². The SMILES string of the molecule is Cc1nc(NC(=O)N2CCC[C@H]2C(N)=O)sc1-c1ccnc(C(C)(C)C(F)(F)F)c1.Cl. The summed E-state index contributed by atoms with van der Waals surface area (Å²) in [6.07, 6.45) is -1.93. The van der Waals surface area contributed by atoms with Crippen molar-refractivity contribution in [3.63, 3.8) is 0 Å². The molecule has 12 heteroatoms. The molecule has 3 N–H and O–H groups in total. The number of carbonyl (C=O) groups excluding carboxylic acids is 2. The molecule has 1 fully saturated rings. The smallest absolute Gasteiger partial charge is 0.368 e. The summed E-state index contributed by atoms with van der Waals surface area (Å²) in [4.78, 5) is 34.2. The highest BCUT2D eigenvalue weighted by Gasteiger charge is 2.49. The largest absolute Gasteiger partial charge is 0.399 e. The third-order valence-electron chi connectivity index (χ3n) is 5.22. The summed E-state index contributed by atoms with van der Waals surface area (Å²) in [6.45, 7) is 4.28. The van der Waals surface area contributed by atoms with Crippen LogP contribution in [0.25, 0.3) is 10.4 Å². The number of nitrogens with two attached hydrogens (primary N) is 1. The fourth-order valence-corrected chi connectivity index (χ4v) is 4.20. The lowest BCUT2D eigenvalue weighted by Crippen LogP contribution is -2.45. The van der Waals surface area contributed by atoms with Crippen LogP contribution in [-0.2, 0) is 10.2 Å². The monoisotopic (exact) mass is 477 g/mol. The van der Waals surface area contributed by atoms with E-state index >= 15 is 0 Å². The van der Waals surface area contributed by atoms with Crippen molar-refractivity contribution in [2.45, 2.75) is 51.2 Å². The molecular formula is C19H23ClF3N5O2S. The molecule has 0 radical (unpaired) electrons. The number of amides is 3. The molecule has 31 heavy (non-hydrogen) atoms. The highest BCUT2D eigenvalue weighted by atomic mass is 35.5. The van der Waals surface area contributed by atoms with Gasteiger partial charge in [-0.2, -0.15) is 13.2 Å². The number of aryl methyl sites for hydroxylation is 1. The number of anilines is 1. The second-order valence-corrected chi connectivity index (χ2v) is 8.67. The van der Waals surface area contributed by atoms with Gasteiger partial charge in [-0.3, -0.25) is 15.1 Å². The van der Waals surface area contributed by atoms with E-state index in [4.69, 9.17) is 5.73 Å². The Hall–Kier alpha value is -2.40. The zero-order valence-electron chi connectivity index (χ0n) is 17.1. The van der Waals surface area contributed by atoms with Gasteiger partial charge >= 0.3 is 12.2 Å². The number of nitrogens with zero attached hydrogens (tertiary/aromatic N) is 3. The van der Waals surface area contributed by atoms with E-state index in [1.54, 1.807) is 13.0 Å². The lowest BCUT2D eigenvalue weighted by molar-refractivity contribution is -0.181. The second-order valence-electron chi connectivity index (χ2n) is 7.67. The summed E-state index contributed by atoms with van der Waals surface area (Å²) in [7, 11) is 0. The second kappa shape index (κ2) is 8.99. The summed E-state index contributed by atoms with van der Waals surface area (Å²) in [5.41, 5.74) is 4.22. The predicted octanol–water partition coefficient (Wildman–Crippen LogP) is 4.26. The van der Waals surface area contributed by atoms with Gasteiger partial charge in [0, 0.05) is 12.7 Å². The van der Waals surface area contributed by atoms with Crippen LogP contribution < -0.4 is 11.1 Å². The molecule has 0 saturated carbocycles. The van der Waals surface area contributed by atoms with Gasteiger partial charge in [0.25, 0.3) is 0 Å². The maximum atomic E-state index is 13.4. The van der Waals surface area contributed by atoms with Crippen molar-refractivity contribution < 1.29 is 22.8 Å². The number of nitrogens with one attached hydrogen (secondary N) is 1. The first-order valence-electron chi connectivity index (χ1n) is 9.30. The molecule has 3 heterocycles. The van der Waals surface area contributed by atoms with E-state index in [1.807, 2.05) is 0 Å². The van der Waals surface area contributed by atoms with Crippen LogP contribution in [0.15, 0.2) is 18.3 Å². The van der Waals surface area contributed by atoms with Crippen LogP contribution >= 0.6 is 23.7 Å². The van der Waals surface area contributed by atoms with Gasteiger partial charge in [0.1, 0.15) is 11.5 Å². The molecule has 170 valence electrons. The molecule has 0 aliphatic carbocycles. The Morgan fingerprint density at radius 1 is 1.32 bits per heavy atom. The molecule has 2 aromatic heterocycles. The van der Waals surface area contributed by atoms with Crippen molar-refractivity contribution in [3.8, 4) is 10.4 Å². The molecule has 1 aliphatic heterocycles. The first kappa shape index (κ1) is 24.9. The molecule has 1 saturated heterocycles. The molecule has 0 spiro atoms. The predicted molar refractivity (Wildman–Crippen MR) is 114 cm³/mol. The van der Waals surface area contributed by atoms with E-state index in [9.17, 15) is 22.8 Å². The Morgan fingerprint density at radius 2 is 2.00 bits per heavy atom. The van der Waals surface area contributed by atoms with Gasteiger partial charge in [-0.15, -0.1) is 12.4 Å². The molecule has 3 amide bonds. The quantitative estimate of drug-likeness (QED) is 0.687. The van der Waals surface area contributed by atoms with Gasteiger partial charge in [-0.25, -0.2) is 9.78 Å². The van der Waals surface area contributed by atoms with Crippen LogP contribution in [0.1, 0.15) is 38.1 Å². The molecular weight excluding hydrogens is 455 g/mol. The molecule has 0 bridgehead atoms. The third-order valence-corrected chi connectivity index (χ3v) is 6.35. The molecule has 3 rings (SSSR count). The Labute approximate surface area is 187 Å². The normalized spacial score (nSPS) is 16.7. The summed E-state index contributed by atoms with van der Waals surface area (Å²) >= 11 is 1.14. The Bertz CT molecular complexity index is 980. The number of urea groups is 1. The number of pyridine rings is 1. The third kappa shape index (κ3) is 4.93. The number of carbonyl (C=O) groups is 2. The Morgan fingerprint density at radius 3 is 2.61 bits per heavy atom. The lowest BCUT2D eigenvalue weighted by Gasteiger charge is -2.27. The summed E-state index contributed by atoms with van der Waals surface area (Å²) < 4.78 is 40.1. The van der Waals surface area contributed by atoms with Crippen molar-refractivity contribution in [2.75, 3.05) is 11.9 Å². The van der Waals surface area contributed by atoms with Gasteiger partial charge in [0.05, 0.1) is 16.3 Å². The minimum Gasteiger partial charge on any atom is -0.368 e. The molecule has 1 aliphatic rings. The fraction of sp³-hybridized carbons (Fsp3) is 0.474. The number of alkyl halides is 3. The number of primary amides is 1. The number of hydrogen-bond acceptors (Lipinski definition) is 5. The zero-order chi connectivity index (χ0) is 22.3. The van der Waals surface area contributed by atoms with Crippen molar-refractivity contribution in [3.05, 3.63) is 29.7 Å². The van der Waals surface area contributed by atoms with Crippen LogP contribution in [0.5, 0.6) is 0 Å². The Balaban J connectivity index is 0.00000341. The first-order chi connectivity index (χ1) is 13.9. The number of hydrogen-bond donors (Lipinski definition) is 2. The summed E-state index contributed by atoms with van der Waals surface area (Å²) in [5, 5.41) is 2.95. The van der Waals surface area contributed by atoms with Crippen LogP contribution in [0.4, 0.5) is 23.1 Å². The number of aromatic nitrogens is 2. The highest BCUT2D eigenvalue weighted by molar-refractivity contribution is 7.19. The fourth-order valence-electron chi connectivity index (χ4n) is 3.25. The average Bonchev–Trinajstić information content (AvgIpc) is 3.28. The minimum atomic E-state index is -4.45. The zero-order valence-corrected chi connectivity index (χ0v) is 18.7. The van der Waals surface area contributed by atoms with Gasteiger partial charge < -0.3 is 10.6 Å². The van der Waals surface area contributed by atoms with Crippen LogP contribution in [0.3, 0.4) is 0 Å². The lowest BCUT2D eigenvalue weighted by atomic mass is 9.87. The van der Waals surface area contributed by atoms with E-state index < -0.39 is 29.6 Å². The molecule has 7 nitrogen and oxygen atoms in total. The number of rotatable bonds is 4. The highest BCUT2D eigenvalue weighted by Crippen LogP contribution is 2.41. The molecule has 0 unspecified atom stereocenters. The molecule has 0 aromatic carbocycles. The summed E-state index contributed by atoms with van der Waals surface area (Å²) in [5.74, 6) is -0.560. The van der Waals surface area contributed by atoms with Crippen LogP contribution in [0, 0.1) is 6.92 Å². The maximum absolute atomic E-state index is 13.4. The molecule has 2 aromatic rings. The molecule has 1 atom stereocenters. The first-order valence-corrected chi connectivity index (χ1v) is 10.1. The van der Waals surface area contributed by atoms with Crippen molar-refractivity contribution in [1.82, 2.24) is 14.9 Å². The standard InChI is InChI=1S/C19H22F3N5O2S.ClH/c1-10-14(11-6-7-24-13(9-11)18(2,3)19(20,21)22)30-16(25-10)26-17(29)27-8-4-5-12(27)15(23)28;/h6-7,9,12H,4-5,8H2,1-3H3,(H2,23,28)(H,25,26,29);1H/t12-;/m0./s1. The Kier molecular flexibility index (Phi) is 7.21. The van der Waals surface area contributed by atoms with Gasteiger partial charge in [-0.05, 0) is 51.3 Å². The van der Waals surface area contributed by atoms with Gasteiger partial charge in [-0.1, -0.05) is 11.3 Å².